The number of carbonyl (C=O) groups excluding carboxylic acids is 2. The number of hydrogen-bond acceptors (Lipinski definition) is 4. The minimum absolute atomic E-state index is 0.0997. The first kappa shape index (κ1) is 16.6. The Balaban J connectivity index is 2.36. The second kappa shape index (κ2) is 5.89. The molecule has 6 nitrogen and oxygen atoms in total. The third-order valence-electron chi connectivity index (χ3n) is 2.68. The van der Waals surface area contributed by atoms with Crippen molar-refractivity contribution in [2.45, 2.75) is 77.7 Å². The molecule has 0 aromatic heterocycles. The quantitative estimate of drug-likeness (QED) is 0.818. The standard InChI is InChI=1S/C14H26N2O4/c1-13(2,3)19-11(17)15-9-7-8-10(9)16-12(18)20-14(4,5)6/h9-10H,7-8H2,1-6H3,(H,15,17)(H,16,18)/t9-,10+. The molecule has 1 aliphatic rings. The zero-order valence-electron chi connectivity index (χ0n) is 13.2. The van der Waals surface area contributed by atoms with E-state index in [0.29, 0.717) is 0 Å². The topological polar surface area (TPSA) is 76.7 Å². The van der Waals surface area contributed by atoms with Crippen molar-refractivity contribution >= 4 is 12.2 Å². The molecule has 2 atom stereocenters. The zero-order valence-corrected chi connectivity index (χ0v) is 13.2. The van der Waals surface area contributed by atoms with Crippen molar-refractivity contribution in [1.29, 1.82) is 0 Å². The molecule has 0 aromatic carbocycles. The van der Waals surface area contributed by atoms with Crippen molar-refractivity contribution in [2.75, 3.05) is 0 Å². The summed E-state index contributed by atoms with van der Waals surface area (Å²) in [4.78, 5) is 23.3. The number of nitrogens with one attached hydrogen (secondary N) is 2. The maximum atomic E-state index is 11.6. The van der Waals surface area contributed by atoms with Crippen LogP contribution in [0.4, 0.5) is 9.59 Å². The van der Waals surface area contributed by atoms with Gasteiger partial charge in [-0.05, 0) is 54.4 Å². The molecular formula is C14H26N2O4. The summed E-state index contributed by atoms with van der Waals surface area (Å²) in [6.45, 7) is 10.9. The van der Waals surface area contributed by atoms with E-state index in [1.165, 1.54) is 0 Å². The Morgan fingerprint density at radius 1 is 0.800 bits per heavy atom. The van der Waals surface area contributed by atoms with E-state index < -0.39 is 23.4 Å². The van der Waals surface area contributed by atoms with Gasteiger partial charge in [0.15, 0.2) is 0 Å². The Morgan fingerprint density at radius 3 is 1.30 bits per heavy atom. The molecule has 0 aromatic rings. The van der Waals surface area contributed by atoms with Crippen LogP contribution >= 0.6 is 0 Å². The summed E-state index contributed by atoms with van der Waals surface area (Å²) in [6.07, 6.45) is 0.718. The molecule has 6 heteroatoms. The zero-order chi connectivity index (χ0) is 15.6. The maximum absolute atomic E-state index is 11.6. The second-order valence-electron chi connectivity index (χ2n) is 7.08. The predicted octanol–water partition coefficient (Wildman–Crippen LogP) is 2.57. The van der Waals surface area contributed by atoms with E-state index in [9.17, 15) is 9.59 Å². The highest BCUT2D eigenvalue weighted by molar-refractivity contribution is 5.70. The van der Waals surface area contributed by atoms with Gasteiger partial charge in [-0.2, -0.15) is 0 Å². The van der Waals surface area contributed by atoms with E-state index in [4.69, 9.17) is 9.47 Å². The summed E-state index contributed by atoms with van der Waals surface area (Å²) in [6, 6.07) is -0.199. The fourth-order valence-corrected chi connectivity index (χ4v) is 1.76. The lowest BCUT2D eigenvalue weighted by Crippen LogP contribution is -2.59. The number of amides is 2. The van der Waals surface area contributed by atoms with Crippen molar-refractivity contribution in [2.24, 2.45) is 0 Å². The maximum Gasteiger partial charge on any atom is 0.407 e. The van der Waals surface area contributed by atoms with Gasteiger partial charge in [0.05, 0.1) is 12.1 Å². The first-order chi connectivity index (χ1) is 8.96. The van der Waals surface area contributed by atoms with Gasteiger partial charge >= 0.3 is 12.2 Å². The molecule has 20 heavy (non-hydrogen) atoms. The molecule has 0 saturated heterocycles. The average molecular weight is 286 g/mol. The summed E-state index contributed by atoms with van der Waals surface area (Å²) >= 11 is 0. The molecular weight excluding hydrogens is 260 g/mol. The monoisotopic (exact) mass is 286 g/mol. The third kappa shape index (κ3) is 6.12. The van der Waals surface area contributed by atoms with Gasteiger partial charge in [0.1, 0.15) is 11.2 Å². The Labute approximate surface area is 120 Å². The highest BCUT2D eigenvalue weighted by atomic mass is 16.6. The lowest BCUT2D eigenvalue weighted by Gasteiger charge is -2.38. The van der Waals surface area contributed by atoms with Crippen LogP contribution < -0.4 is 10.6 Å². The molecule has 1 fully saturated rings. The highest BCUT2D eigenvalue weighted by Crippen LogP contribution is 2.21. The van der Waals surface area contributed by atoms with Crippen LogP contribution in [0.5, 0.6) is 0 Å². The van der Waals surface area contributed by atoms with Crippen molar-refractivity contribution in [3.8, 4) is 0 Å². The SMILES string of the molecule is CC(C)(C)OC(=O)N[C@H]1CC[C@H]1NC(=O)OC(C)(C)C. The van der Waals surface area contributed by atoms with Crippen LogP contribution in [0.3, 0.4) is 0 Å². The summed E-state index contributed by atoms with van der Waals surface area (Å²) in [5.41, 5.74) is -1.05. The summed E-state index contributed by atoms with van der Waals surface area (Å²) in [5.74, 6) is 0. The smallest absolute Gasteiger partial charge is 0.407 e. The molecule has 1 saturated carbocycles. The van der Waals surface area contributed by atoms with E-state index in [0.717, 1.165) is 12.8 Å². The second-order valence-corrected chi connectivity index (χ2v) is 7.08. The Morgan fingerprint density at radius 2 is 1.10 bits per heavy atom. The molecule has 0 radical (unpaired) electrons. The van der Waals surface area contributed by atoms with Crippen LogP contribution in [0.25, 0.3) is 0 Å². The number of hydrogen-bond donors (Lipinski definition) is 2. The van der Waals surface area contributed by atoms with Gasteiger partial charge in [-0.25, -0.2) is 9.59 Å². The minimum atomic E-state index is -0.526. The first-order valence-corrected chi connectivity index (χ1v) is 6.95. The predicted molar refractivity (Wildman–Crippen MR) is 75.5 cm³/mol. The van der Waals surface area contributed by atoms with Crippen LogP contribution in [-0.4, -0.2) is 35.5 Å². The number of carbonyl (C=O) groups is 2. The van der Waals surface area contributed by atoms with Gasteiger partial charge in [0.2, 0.25) is 0 Å². The number of ether oxygens (including phenoxy) is 2. The molecule has 0 spiro atoms. The van der Waals surface area contributed by atoms with Crippen molar-refractivity contribution in [3.05, 3.63) is 0 Å². The van der Waals surface area contributed by atoms with Gasteiger partial charge in [-0.1, -0.05) is 0 Å². The Kier molecular flexibility index (Phi) is 4.89. The lowest BCUT2D eigenvalue weighted by molar-refractivity contribution is 0.0369. The fraction of sp³-hybridized carbons (Fsp3) is 0.857. The normalized spacial score (nSPS) is 22.5. The molecule has 2 N–H and O–H groups in total. The van der Waals surface area contributed by atoms with E-state index in [2.05, 4.69) is 10.6 Å². The third-order valence-corrected chi connectivity index (χ3v) is 2.68. The molecule has 1 aliphatic carbocycles. The molecule has 2 amide bonds. The summed E-state index contributed by atoms with van der Waals surface area (Å²) < 4.78 is 10.4. The van der Waals surface area contributed by atoms with Gasteiger partial charge in [0, 0.05) is 0 Å². The minimum Gasteiger partial charge on any atom is -0.444 e. The van der Waals surface area contributed by atoms with Gasteiger partial charge in [-0.3, -0.25) is 0 Å². The lowest BCUT2D eigenvalue weighted by atomic mass is 9.86. The Hall–Kier alpha value is -1.46. The van der Waals surface area contributed by atoms with Crippen molar-refractivity contribution in [1.82, 2.24) is 10.6 Å². The van der Waals surface area contributed by atoms with Crippen LogP contribution in [0, 0.1) is 0 Å². The molecule has 0 unspecified atom stereocenters. The van der Waals surface area contributed by atoms with Gasteiger partial charge < -0.3 is 20.1 Å². The van der Waals surface area contributed by atoms with E-state index in [1.54, 1.807) is 0 Å². The van der Waals surface area contributed by atoms with Crippen molar-refractivity contribution < 1.29 is 19.1 Å². The molecule has 1 rings (SSSR count). The molecule has 116 valence electrons. The van der Waals surface area contributed by atoms with Crippen LogP contribution in [-0.2, 0) is 9.47 Å². The molecule has 0 bridgehead atoms. The molecule has 0 aliphatic heterocycles. The van der Waals surface area contributed by atoms with Crippen molar-refractivity contribution in [3.63, 3.8) is 0 Å². The van der Waals surface area contributed by atoms with E-state index >= 15 is 0 Å². The Bertz CT molecular complexity index is 332. The molecule has 0 heterocycles. The number of alkyl carbamates (subject to hydrolysis) is 2. The van der Waals surface area contributed by atoms with Gasteiger partial charge in [0.25, 0.3) is 0 Å². The van der Waals surface area contributed by atoms with Crippen LogP contribution in [0.2, 0.25) is 0 Å². The van der Waals surface area contributed by atoms with Crippen LogP contribution in [0.15, 0.2) is 0 Å². The van der Waals surface area contributed by atoms with E-state index in [-0.39, 0.29) is 12.1 Å². The number of rotatable bonds is 2. The van der Waals surface area contributed by atoms with Crippen LogP contribution in [0.1, 0.15) is 54.4 Å². The fourth-order valence-electron chi connectivity index (χ4n) is 1.76. The first-order valence-electron chi connectivity index (χ1n) is 6.95. The average Bonchev–Trinajstić information content (AvgIpc) is 2.16. The van der Waals surface area contributed by atoms with Gasteiger partial charge in [-0.15, -0.1) is 0 Å². The summed E-state index contributed by atoms with van der Waals surface area (Å²) in [7, 11) is 0. The summed E-state index contributed by atoms with van der Waals surface area (Å²) in [5, 5.41) is 5.52. The van der Waals surface area contributed by atoms with E-state index in [1.807, 2.05) is 41.5 Å². The highest BCUT2D eigenvalue weighted by Gasteiger charge is 2.35. The largest absolute Gasteiger partial charge is 0.444 e.